The van der Waals surface area contributed by atoms with Gasteiger partial charge in [0.1, 0.15) is 5.60 Å². The number of carbonyl (C=O) groups excluding carboxylic acids is 1. The smallest absolute Gasteiger partial charge is 0.155 e. The fourth-order valence-corrected chi connectivity index (χ4v) is 9.05. The molecule has 0 aromatic heterocycles. The van der Waals surface area contributed by atoms with Crippen molar-refractivity contribution in [2.75, 3.05) is 0 Å². The van der Waals surface area contributed by atoms with Crippen molar-refractivity contribution >= 4 is 5.78 Å². The zero-order chi connectivity index (χ0) is 24.2. The molecule has 0 amide bonds. The highest BCUT2D eigenvalue weighted by Crippen LogP contribution is 2.67. The minimum atomic E-state index is -0.673. The van der Waals surface area contributed by atoms with Gasteiger partial charge in [-0.1, -0.05) is 40.7 Å². The average Bonchev–Trinajstić information content (AvgIpc) is 3.13. The van der Waals surface area contributed by atoms with Gasteiger partial charge in [0.2, 0.25) is 0 Å². The van der Waals surface area contributed by atoms with Gasteiger partial charge >= 0.3 is 0 Å². The van der Waals surface area contributed by atoms with E-state index in [4.69, 9.17) is 4.89 Å². The zero-order valence-electron chi connectivity index (χ0n) is 21.5. The van der Waals surface area contributed by atoms with E-state index in [1.54, 1.807) is 12.2 Å². The normalized spacial score (nSPS) is 43.2. The Morgan fingerprint density at radius 1 is 1.21 bits per heavy atom. The second kappa shape index (κ2) is 8.91. The molecule has 4 nitrogen and oxygen atoms in total. The maximum atomic E-state index is 12.1. The number of aliphatic hydroxyl groups is 1. The molecule has 2 N–H and O–H groups in total. The van der Waals surface area contributed by atoms with E-state index in [9.17, 15) is 15.2 Å². The Kier molecular flexibility index (Phi) is 6.79. The molecule has 186 valence electrons. The summed E-state index contributed by atoms with van der Waals surface area (Å²) in [6.07, 6.45) is 12.2. The van der Waals surface area contributed by atoms with Crippen LogP contribution in [-0.4, -0.2) is 27.9 Å². The summed E-state index contributed by atoms with van der Waals surface area (Å²) in [6, 6.07) is 0. The van der Waals surface area contributed by atoms with E-state index in [1.807, 2.05) is 0 Å². The van der Waals surface area contributed by atoms with Gasteiger partial charge < -0.3 is 5.11 Å². The minimum absolute atomic E-state index is 0.0133. The van der Waals surface area contributed by atoms with Crippen LogP contribution in [0.2, 0.25) is 0 Å². The highest BCUT2D eigenvalue weighted by molar-refractivity contribution is 5.91. The van der Waals surface area contributed by atoms with Crippen LogP contribution in [0.15, 0.2) is 24.3 Å². The van der Waals surface area contributed by atoms with Crippen molar-refractivity contribution < 1.29 is 20.0 Å². The van der Waals surface area contributed by atoms with Crippen LogP contribution in [0.3, 0.4) is 0 Å². The molecule has 0 aromatic rings. The molecule has 0 aliphatic heterocycles. The summed E-state index contributed by atoms with van der Waals surface area (Å²) < 4.78 is 0. The number of hydrogen-bond acceptors (Lipinski definition) is 4. The van der Waals surface area contributed by atoms with Crippen molar-refractivity contribution in [3.63, 3.8) is 0 Å². The molecule has 0 spiro atoms. The van der Waals surface area contributed by atoms with Crippen LogP contribution in [0.1, 0.15) is 92.4 Å². The third-order valence-corrected chi connectivity index (χ3v) is 11.2. The molecule has 0 radical (unpaired) electrons. The summed E-state index contributed by atoms with van der Waals surface area (Å²) >= 11 is 0. The van der Waals surface area contributed by atoms with Gasteiger partial charge in [-0.2, -0.15) is 0 Å². The van der Waals surface area contributed by atoms with Gasteiger partial charge in [0.15, 0.2) is 5.78 Å². The third kappa shape index (κ3) is 3.89. The van der Waals surface area contributed by atoms with Crippen LogP contribution >= 0.6 is 0 Å². The van der Waals surface area contributed by atoms with Gasteiger partial charge in [-0.25, -0.2) is 4.89 Å². The second-order valence-electron chi connectivity index (χ2n) is 12.8. The van der Waals surface area contributed by atoms with E-state index in [0.717, 1.165) is 31.3 Å². The fraction of sp³-hybridized carbons (Fsp3) is 0.828. The van der Waals surface area contributed by atoms with Gasteiger partial charge in [-0.05, 0) is 109 Å². The van der Waals surface area contributed by atoms with E-state index in [2.05, 4.69) is 41.2 Å². The first-order valence-electron chi connectivity index (χ1n) is 13.4. The Balaban J connectivity index is 1.52. The number of fused-ring (bicyclic) bond motifs is 5. The van der Waals surface area contributed by atoms with Crippen LogP contribution in [0, 0.1) is 46.3 Å². The van der Waals surface area contributed by atoms with E-state index in [0.29, 0.717) is 41.4 Å². The molecule has 4 aliphatic carbocycles. The van der Waals surface area contributed by atoms with Crippen LogP contribution in [0.25, 0.3) is 0 Å². The molecule has 0 unspecified atom stereocenters. The highest BCUT2D eigenvalue weighted by Gasteiger charge is 2.61. The molecule has 4 rings (SSSR count). The molecule has 0 heterocycles. The molecule has 0 aromatic carbocycles. The third-order valence-electron chi connectivity index (χ3n) is 11.2. The van der Waals surface area contributed by atoms with Crippen molar-refractivity contribution in [3.05, 3.63) is 24.3 Å². The number of aliphatic hydroxyl groups excluding tert-OH is 1. The Morgan fingerprint density at radius 3 is 2.58 bits per heavy atom. The molecule has 4 heteroatoms. The number of ketones is 1. The lowest BCUT2D eigenvalue weighted by Gasteiger charge is -2.59. The average molecular weight is 459 g/mol. The maximum absolute atomic E-state index is 12.1. The predicted octanol–water partition coefficient (Wildman–Crippen LogP) is 6.59. The minimum Gasteiger partial charge on any atom is -0.389 e. The summed E-state index contributed by atoms with van der Waals surface area (Å²) in [6.45, 7) is 15.3. The van der Waals surface area contributed by atoms with E-state index in [-0.39, 0.29) is 17.1 Å². The first kappa shape index (κ1) is 25.1. The molecule has 9 atom stereocenters. The first-order chi connectivity index (χ1) is 15.5. The van der Waals surface area contributed by atoms with Crippen molar-refractivity contribution in [2.45, 2.75) is 104 Å². The van der Waals surface area contributed by atoms with Crippen molar-refractivity contribution in [2.24, 2.45) is 46.3 Å². The summed E-state index contributed by atoms with van der Waals surface area (Å²) in [5, 5.41) is 20.8. The molecular weight excluding hydrogens is 412 g/mol. The highest BCUT2D eigenvalue weighted by atomic mass is 17.1. The molecule has 4 aliphatic rings. The molecule has 0 bridgehead atoms. The standard InChI is InChI=1S/C29H46O4/c1-7-29(33-32,18(2)3)15-10-19(4)22-8-9-23-21-17-26(31)25-16-20(30)11-13-28(25,6)24(21)12-14-27(22,23)5/h7,16,18-19,21-24,26,31-32H,1,8-15,17H2,2-6H3/t19-,21+,22-,23+,24+,26-,27-,28-,29+/m1/s1. The number of hydrogen-bond donors (Lipinski definition) is 2. The lowest BCUT2D eigenvalue weighted by atomic mass is 9.46. The van der Waals surface area contributed by atoms with Crippen molar-refractivity contribution in [3.8, 4) is 0 Å². The van der Waals surface area contributed by atoms with Crippen LogP contribution < -0.4 is 0 Å². The lowest BCUT2D eigenvalue weighted by molar-refractivity contribution is -0.321. The van der Waals surface area contributed by atoms with Gasteiger partial charge in [0.25, 0.3) is 0 Å². The van der Waals surface area contributed by atoms with Gasteiger partial charge in [-0.3, -0.25) is 10.1 Å². The topological polar surface area (TPSA) is 66.8 Å². The summed E-state index contributed by atoms with van der Waals surface area (Å²) in [5.74, 6) is 3.36. The maximum Gasteiger partial charge on any atom is 0.155 e. The number of carbonyl (C=O) groups is 1. The molecule has 33 heavy (non-hydrogen) atoms. The zero-order valence-corrected chi connectivity index (χ0v) is 21.5. The molecular formula is C29H46O4. The Morgan fingerprint density at radius 2 is 1.94 bits per heavy atom. The quantitative estimate of drug-likeness (QED) is 0.256. The van der Waals surface area contributed by atoms with E-state index >= 15 is 0 Å². The monoisotopic (exact) mass is 458 g/mol. The van der Waals surface area contributed by atoms with E-state index < -0.39 is 11.7 Å². The van der Waals surface area contributed by atoms with Crippen LogP contribution in [0.4, 0.5) is 0 Å². The van der Waals surface area contributed by atoms with E-state index in [1.165, 1.54) is 25.7 Å². The summed E-state index contributed by atoms with van der Waals surface area (Å²) in [7, 11) is 0. The molecule has 3 saturated carbocycles. The molecule has 3 fully saturated rings. The largest absolute Gasteiger partial charge is 0.389 e. The SMILES string of the molecule is C=C[C@@](CC[C@@H](C)[C@H]1CC[C@H]2[C@@H]3C[C@@H](O)C4=CC(=O)CC[C@]4(C)[C@H]3CC[C@]12C)(OO)C(C)C. The summed E-state index contributed by atoms with van der Waals surface area (Å²) in [4.78, 5) is 17.1. The predicted molar refractivity (Wildman–Crippen MR) is 131 cm³/mol. The van der Waals surface area contributed by atoms with Crippen molar-refractivity contribution in [1.29, 1.82) is 0 Å². The molecule has 0 saturated heterocycles. The Bertz CT molecular complexity index is 801. The Labute approximate surface area is 200 Å². The van der Waals surface area contributed by atoms with Crippen LogP contribution in [0.5, 0.6) is 0 Å². The van der Waals surface area contributed by atoms with Gasteiger partial charge in [-0.15, -0.1) is 6.58 Å². The van der Waals surface area contributed by atoms with Crippen LogP contribution in [-0.2, 0) is 9.68 Å². The Hall–Kier alpha value is -0.970. The van der Waals surface area contributed by atoms with Crippen molar-refractivity contribution in [1.82, 2.24) is 0 Å². The van der Waals surface area contributed by atoms with Gasteiger partial charge in [0.05, 0.1) is 6.10 Å². The summed E-state index contributed by atoms with van der Waals surface area (Å²) in [5.41, 5.74) is 0.649. The second-order valence-corrected chi connectivity index (χ2v) is 12.8. The first-order valence-corrected chi connectivity index (χ1v) is 13.4. The number of rotatable bonds is 7. The van der Waals surface area contributed by atoms with Gasteiger partial charge in [0, 0.05) is 6.42 Å². The fourth-order valence-electron chi connectivity index (χ4n) is 9.05. The lowest BCUT2D eigenvalue weighted by Crippen LogP contribution is -2.54.